The van der Waals surface area contributed by atoms with Crippen molar-refractivity contribution in [2.75, 3.05) is 5.73 Å². The van der Waals surface area contributed by atoms with Gasteiger partial charge in [-0.1, -0.05) is 56.1 Å². The van der Waals surface area contributed by atoms with Gasteiger partial charge in [0.1, 0.15) is 5.69 Å². The van der Waals surface area contributed by atoms with Crippen LogP contribution in [0.2, 0.25) is 0 Å². The zero-order chi connectivity index (χ0) is 22.4. The first kappa shape index (κ1) is 22.0. The smallest absolute Gasteiger partial charge is 0.329 e. The molecule has 0 aliphatic heterocycles. The van der Waals surface area contributed by atoms with Gasteiger partial charge in [-0.25, -0.2) is 4.57 Å². The lowest BCUT2D eigenvalue weighted by Gasteiger charge is -2.53. The molecule has 2 N–H and O–H groups in total. The van der Waals surface area contributed by atoms with Gasteiger partial charge in [0.05, 0.1) is 19.8 Å². The van der Waals surface area contributed by atoms with Crippen LogP contribution in [-0.2, 0) is 13.6 Å². The molecule has 0 radical (unpaired) electrons. The summed E-state index contributed by atoms with van der Waals surface area (Å²) in [6.07, 6.45) is 16.4. The Morgan fingerprint density at radius 2 is 2.10 bits per heavy atom. The molecule has 4 rings (SSSR count). The van der Waals surface area contributed by atoms with Gasteiger partial charge in [0.2, 0.25) is 5.52 Å². The highest BCUT2D eigenvalue weighted by Crippen LogP contribution is 2.58. The van der Waals surface area contributed by atoms with Gasteiger partial charge in [0.15, 0.2) is 6.33 Å². The minimum Gasteiger partial charge on any atom is -0.394 e. The number of allylic oxidation sites excluding steroid dienone is 4. The van der Waals surface area contributed by atoms with E-state index in [1.165, 1.54) is 37.7 Å². The van der Waals surface area contributed by atoms with E-state index in [2.05, 4.69) is 67.9 Å². The normalized spacial score (nSPS) is 28.5. The number of aryl methyl sites for hydroxylation is 1. The van der Waals surface area contributed by atoms with Crippen LogP contribution in [0.15, 0.2) is 35.8 Å². The second-order valence-electron chi connectivity index (χ2n) is 11.0. The van der Waals surface area contributed by atoms with Crippen LogP contribution in [-0.4, -0.2) is 14.8 Å². The van der Waals surface area contributed by atoms with Crippen LogP contribution in [0.25, 0.3) is 11.2 Å². The van der Waals surface area contributed by atoms with Gasteiger partial charge >= 0.3 is 5.65 Å². The molecule has 2 heterocycles. The first-order valence-corrected chi connectivity index (χ1v) is 12.0. The number of aromatic nitrogens is 4. The summed E-state index contributed by atoms with van der Waals surface area (Å²) in [6.45, 7) is 13.1. The van der Waals surface area contributed by atoms with Crippen molar-refractivity contribution in [3.63, 3.8) is 0 Å². The van der Waals surface area contributed by atoms with Gasteiger partial charge in [0, 0.05) is 5.10 Å². The van der Waals surface area contributed by atoms with E-state index in [0.717, 1.165) is 36.0 Å². The summed E-state index contributed by atoms with van der Waals surface area (Å²) < 4.78 is 4.17. The number of nitrogen functional groups attached to an aromatic ring is 1. The zero-order valence-corrected chi connectivity index (χ0v) is 20.3. The lowest BCUT2D eigenvalue weighted by atomic mass is 9.52. The molecule has 5 nitrogen and oxygen atoms in total. The number of hydrogen-bond acceptors (Lipinski definition) is 3. The van der Waals surface area contributed by atoms with Crippen LogP contribution in [0.3, 0.4) is 0 Å². The molecule has 0 aromatic carbocycles. The fourth-order valence-corrected chi connectivity index (χ4v) is 6.11. The molecule has 1 fully saturated rings. The van der Waals surface area contributed by atoms with Gasteiger partial charge < -0.3 is 5.73 Å². The molecule has 31 heavy (non-hydrogen) atoms. The fraction of sp³-hybridized carbons (Fsp3) is 0.654. The van der Waals surface area contributed by atoms with Crippen LogP contribution in [0.5, 0.6) is 0 Å². The lowest BCUT2D eigenvalue weighted by Crippen LogP contribution is -2.43. The van der Waals surface area contributed by atoms with E-state index in [0.29, 0.717) is 16.5 Å². The highest BCUT2D eigenvalue weighted by molar-refractivity contribution is 5.80. The molecule has 2 aromatic heterocycles. The Kier molecular flexibility index (Phi) is 5.74. The van der Waals surface area contributed by atoms with Crippen LogP contribution >= 0.6 is 0 Å². The number of imidazole rings is 1. The standard InChI is InChI=1S/C26H40N5/c1-18(12-15-31-17-30(6)24-23(31)22(27)16-28-29-24)11-14-26(5)19(2)9-10-20-21(26)8-7-13-25(20,3)4/h8,12,16-17,19-20H,7,9-11,13-15H2,1-6H3,(H2,27,29)/q+1/t19-,20-,26+/m0/s1. The van der Waals surface area contributed by atoms with Gasteiger partial charge in [-0.05, 0) is 68.1 Å². The summed E-state index contributed by atoms with van der Waals surface area (Å²) in [7, 11) is 1.99. The van der Waals surface area contributed by atoms with Gasteiger partial charge in [-0.15, -0.1) is 0 Å². The Balaban J connectivity index is 1.50. The van der Waals surface area contributed by atoms with Crippen LogP contribution < -0.4 is 10.3 Å². The van der Waals surface area contributed by atoms with Crippen molar-refractivity contribution in [3.05, 3.63) is 35.8 Å². The highest BCUT2D eigenvalue weighted by atomic mass is 15.2. The minimum absolute atomic E-state index is 0.322. The lowest BCUT2D eigenvalue weighted by molar-refractivity contribution is -0.647. The van der Waals surface area contributed by atoms with E-state index < -0.39 is 0 Å². The third-order valence-electron chi connectivity index (χ3n) is 8.55. The molecular formula is C26H40N5+. The van der Waals surface area contributed by atoms with Crippen molar-refractivity contribution < 1.29 is 4.57 Å². The van der Waals surface area contributed by atoms with Gasteiger partial charge in [-0.2, -0.15) is 0 Å². The molecule has 0 amide bonds. The molecule has 1 saturated carbocycles. The number of nitrogens with zero attached hydrogens (tertiary/aromatic N) is 4. The Labute approximate surface area is 187 Å². The quantitative estimate of drug-likeness (QED) is 0.521. The summed E-state index contributed by atoms with van der Waals surface area (Å²) in [5.74, 6) is 1.52. The fourth-order valence-electron chi connectivity index (χ4n) is 6.11. The summed E-state index contributed by atoms with van der Waals surface area (Å²) in [5, 5.41) is 8.23. The Morgan fingerprint density at radius 1 is 1.32 bits per heavy atom. The Hall–Kier alpha value is -2.17. The maximum Gasteiger partial charge on any atom is 0.329 e. The van der Waals surface area contributed by atoms with Crippen molar-refractivity contribution in [2.45, 2.75) is 79.7 Å². The summed E-state index contributed by atoms with van der Waals surface area (Å²) in [6, 6.07) is 0. The van der Waals surface area contributed by atoms with Crippen LogP contribution in [0.1, 0.15) is 73.1 Å². The molecule has 0 bridgehead atoms. The van der Waals surface area contributed by atoms with Crippen molar-refractivity contribution in [3.8, 4) is 0 Å². The molecule has 5 heteroatoms. The summed E-state index contributed by atoms with van der Waals surface area (Å²) in [4.78, 5) is 0. The Morgan fingerprint density at radius 3 is 2.87 bits per heavy atom. The molecule has 2 aliphatic rings. The average Bonchev–Trinajstić information content (AvgIpc) is 3.05. The molecule has 2 aromatic rings. The van der Waals surface area contributed by atoms with E-state index in [-0.39, 0.29) is 0 Å². The summed E-state index contributed by atoms with van der Waals surface area (Å²) in [5.41, 5.74) is 12.6. The van der Waals surface area contributed by atoms with E-state index in [1.54, 1.807) is 11.8 Å². The minimum atomic E-state index is 0.322. The molecular weight excluding hydrogens is 382 g/mol. The second kappa shape index (κ2) is 8.07. The molecule has 0 spiro atoms. The Bertz CT molecular complexity index is 1030. The molecule has 3 atom stereocenters. The monoisotopic (exact) mass is 422 g/mol. The zero-order valence-electron chi connectivity index (χ0n) is 20.3. The second-order valence-corrected chi connectivity index (χ2v) is 11.0. The van der Waals surface area contributed by atoms with E-state index in [4.69, 9.17) is 5.73 Å². The van der Waals surface area contributed by atoms with E-state index >= 15 is 0 Å². The van der Waals surface area contributed by atoms with Gasteiger partial charge in [0.25, 0.3) is 0 Å². The van der Waals surface area contributed by atoms with Crippen LogP contribution in [0.4, 0.5) is 5.69 Å². The van der Waals surface area contributed by atoms with Crippen molar-refractivity contribution in [1.29, 1.82) is 0 Å². The first-order chi connectivity index (χ1) is 14.6. The molecule has 0 saturated heterocycles. The van der Waals surface area contributed by atoms with Crippen molar-refractivity contribution in [1.82, 2.24) is 14.8 Å². The number of hydrogen-bond donors (Lipinski definition) is 1. The molecule has 2 aliphatic carbocycles. The van der Waals surface area contributed by atoms with Gasteiger partial charge in [-0.3, -0.25) is 4.57 Å². The molecule has 168 valence electrons. The van der Waals surface area contributed by atoms with E-state index in [9.17, 15) is 0 Å². The number of fused-ring (bicyclic) bond motifs is 2. The summed E-state index contributed by atoms with van der Waals surface area (Å²) >= 11 is 0. The third kappa shape index (κ3) is 3.92. The molecule has 0 unspecified atom stereocenters. The van der Waals surface area contributed by atoms with E-state index in [1.807, 2.05) is 11.6 Å². The number of anilines is 1. The SMILES string of the molecule is CC(=CCn1c[n+](C)c2nncc(N)c21)CC[C@@]1(C)C2=CCCC(C)(C)[C@H]2CC[C@@H]1C. The number of nitrogens with two attached hydrogens (primary N) is 1. The van der Waals surface area contributed by atoms with Crippen molar-refractivity contribution >= 4 is 16.9 Å². The predicted molar refractivity (Wildman–Crippen MR) is 127 cm³/mol. The maximum absolute atomic E-state index is 6.19. The first-order valence-electron chi connectivity index (χ1n) is 12.0. The maximum atomic E-state index is 6.19. The average molecular weight is 423 g/mol. The van der Waals surface area contributed by atoms with Crippen molar-refractivity contribution in [2.24, 2.45) is 29.7 Å². The highest BCUT2D eigenvalue weighted by Gasteiger charge is 2.47. The third-order valence-corrected chi connectivity index (χ3v) is 8.55. The predicted octanol–water partition coefficient (Wildman–Crippen LogP) is 5.36. The van der Waals surface area contributed by atoms with Crippen LogP contribution in [0, 0.1) is 22.7 Å². The largest absolute Gasteiger partial charge is 0.394 e. The number of rotatable bonds is 5. The topological polar surface area (TPSA) is 60.6 Å².